The molecule has 0 rings (SSSR count). The van der Waals surface area contributed by atoms with Gasteiger partial charge in [0, 0.05) is 19.3 Å². The van der Waals surface area contributed by atoms with Crippen LogP contribution in [0.2, 0.25) is 0 Å². The Balaban J connectivity index is 4.60. The van der Waals surface area contributed by atoms with Gasteiger partial charge in [0.25, 0.3) is 0 Å². The second-order valence-corrected chi connectivity index (χ2v) is 15.6. The summed E-state index contributed by atoms with van der Waals surface area (Å²) in [5, 5.41) is 0. The fourth-order valence-corrected chi connectivity index (χ4v) is 5.97. The van der Waals surface area contributed by atoms with Crippen molar-refractivity contribution in [2.24, 2.45) is 0 Å². The number of hydrogen-bond acceptors (Lipinski definition) is 6. The van der Waals surface area contributed by atoms with Crippen molar-refractivity contribution in [1.29, 1.82) is 0 Å². The Bertz CT molecular complexity index is 1420. The minimum atomic E-state index is -0.833. The molecule has 0 spiro atoms. The highest BCUT2D eigenvalue weighted by Crippen LogP contribution is 2.11. The van der Waals surface area contributed by atoms with Gasteiger partial charge in [0.05, 0.1) is 0 Å². The van der Waals surface area contributed by atoms with E-state index in [1.165, 1.54) is 6.42 Å². The zero-order valence-electron chi connectivity index (χ0n) is 40.0. The quantitative estimate of drug-likeness (QED) is 0.0263. The molecular weight excluding hydrogens is 781 g/mol. The Morgan fingerprint density at radius 1 is 0.333 bits per heavy atom. The molecule has 6 nitrogen and oxygen atoms in total. The molecule has 0 aromatic rings. The Morgan fingerprint density at radius 3 is 1.06 bits per heavy atom. The van der Waals surface area contributed by atoms with Crippen LogP contribution in [0.5, 0.6) is 0 Å². The van der Waals surface area contributed by atoms with Gasteiger partial charge in [0.1, 0.15) is 13.2 Å². The molecule has 0 N–H and O–H groups in total. The van der Waals surface area contributed by atoms with E-state index in [0.29, 0.717) is 19.3 Å². The molecule has 0 aromatic heterocycles. The lowest BCUT2D eigenvalue weighted by molar-refractivity contribution is -0.167. The molecule has 6 heteroatoms. The van der Waals surface area contributed by atoms with Gasteiger partial charge in [0.15, 0.2) is 6.10 Å². The molecule has 0 aliphatic carbocycles. The van der Waals surface area contributed by atoms with Crippen molar-refractivity contribution in [3.8, 4) is 0 Å². The van der Waals surface area contributed by atoms with Crippen LogP contribution in [0.3, 0.4) is 0 Å². The van der Waals surface area contributed by atoms with Crippen molar-refractivity contribution < 1.29 is 28.6 Å². The SMILES string of the molecule is CC/C=C\C/C=C\C/C=C\C/C=C\C/C=C\CCCC(=O)OCC(COC(=O)CCCCCCC/C=C\C/C=C\CCC)OC(=O)CCCC/C=C\C/C=C\C/C=C\C/C=C\CC. The van der Waals surface area contributed by atoms with Crippen molar-refractivity contribution in [3.05, 3.63) is 134 Å². The van der Waals surface area contributed by atoms with Crippen LogP contribution in [0, 0.1) is 0 Å². The molecule has 63 heavy (non-hydrogen) atoms. The largest absolute Gasteiger partial charge is 0.462 e. The normalized spacial score (nSPS) is 13.3. The molecule has 0 aliphatic rings. The van der Waals surface area contributed by atoms with E-state index in [0.717, 1.165) is 128 Å². The first-order valence-corrected chi connectivity index (χ1v) is 24.7. The maximum absolute atomic E-state index is 12.8. The zero-order chi connectivity index (χ0) is 45.8. The van der Waals surface area contributed by atoms with E-state index in [4.69, 9.17) is 14.2 Å². The van der Waals surface area contributed by atoms with E-state index in [2.05, 4.69) is 154 Å². The van der Waals surface area contributed by atoms with Crippen LogP contribution in [0.15, 0.2) is 134 Å². The van der Waals surface area contributed by atoms with Gasteiger partial charge >= 0.3 is 17.9 Å². The average molecular weight is 869 g/mol. The summed E-state index contributed by atoms with van der Waals surface area (Å²) in [6.45, 7) is 6.22. The second kappa shape index (κ2) is 50.2. The number of unbranched alkanes of at least 4 members (excludes halogenated alkanes) is 9. The summed E-state index contributed by atoms with van der Waals surface area (Å²) in [6.07, 6.45) is 70.1. The summed E-state index contributed by atoms with van der Waals surface area (Å²) in [6, 6.07) is 0. The summed E-state index contributed by atoms with van der Waals surface area (Å²) in [7, 11) is 0. The highest BCUT2D eigenvalue weighted by Gasteiger charge is 2.19. The van der Waals surface area contributed by atoms with Gasteiger partial charge in [-0.25, -0.2) is 0 Å². The van der Waals surface area contributed by atoms with E-state index in [9.17, 15) is 14.4 Å². The highest BCUT2D eigenvalue weighted by molar-refractivity contribution is 5.71. The third kappa shape index (κ3) is 48.4. The van der Waals surface area contributed by atoms with Crippen LogP contribution in [-0.4, -0.2) is 37.2 Å². The molecule has 1 unspecified atom stereocenters. The van der Waals surface area contributed by atoms with E-state index in [1.54, 1.807) is 0 Å². The Labute approximate surface area is 385 Å². The van der Waals surface area contributed by atoms with E-state index >= 15 is 0 Å². The van der Waals surface area contributed by atoms with Crippen LogP contribution in [-0.2, 0) is 28.6 Å². The Morgan fingerprint density at radius 2 is 0.635 bits per heavy atom. The summed E-state index contributed by atoms with van der Waals surface area (Å²) >= 11 is 0. The fraction of sp³-hybridized carbons (Fsp3) is 0.561. The lowest BCUT2D eigenvalue weighted by Gasteiger charge is -2.18. The van der Waals surface area contributed by atoms with Gasteiger partial charge in [-0.05, 0) is 122 Å². The zero-order valence-corrected chi connectivity index (χ0v) is 40.0. The van der Waals surface area contributed by atoms with Crippen molar-refractivity contribution >= 4 is 17.9 Å². The number of carbonyl (C=O) groups excluding carboxylic acids is 3. The van der Waals surface area contributed by atoms with Crippen molar-refractivity contribution in [2.45, 2.75) is 194 Å². The number of carbonyl (C=O) groups is 3. The molecular formula is C57H88O6. The first kappa shape index (κ1) is 58.6. The van der Waals surface area contributed by atoms with Gasteiger partial charge < -0.3 is 14.2 Å². The number of esters is 3. The summed E-state index contributed by atoms with van der Waals surface area (Å²) in [4.78, 5) is 37.9. The second-order valence-electron chi connectivity index (χ2n) is 15.6. The monoisotopic (exact) mass is 869 g/mol. The Kier molecular flexibility index (Phi) is 46.7. The molecule has 0 bridgehead atoms. The van der Waals surface area contributed by atoms with Crippen molar-refractivity contribution in [1.82, 2.24) is 0 Å². The number of ether oxygens (including phenoxy) is 3. The molecule has 0 radical (unpaired) electrons. The van der Waals surface area contributed by atoms with Gasteiger partial charge in [-0.15, -0.1) is 0 Å². The molecule has 0 saturated carbocycles. The van der Waals surface area contributed by atoms with Gasteiger partial charge in [-0.3, -0.25) is 14.4 Å². The fourth-order valence-electron chi connectivity index (χ4n) is 5.97. The molecule has 0 heterocycles. The van der Waals surface area contributed by atoms with Crippen molar-refractivity contribution in [2.75, 3.05) is 13.2 Å². The smallest absolute Gasteiger partial charge is 0.306 e. The third-order valence-corrected chi connectivity index (χ3v) is 9.60. The van der Waals surface area contributed by atoms with Crippen LogP contribution in [0.25, 0.3) is 0 Å². The first-order chi connectivity index (χ1) is 31.0. The summed E-state index contributed by atoms with van der Waals surface area (Å²) in [5.74, 6) is -1.05. The maximum Gasteiger partial charge on any atom is 0.306 e. The van der Waals surface area contributed by atoms with E-state index in [1.807, 2.05) is 0 Å². The predicted octanol–water partition coefficient (Wildman–Crippen LogP) is 16.3. The van der Waals surface area contributed by atoms with Gasteiger partial charge in [-0.1, -0.05) is 180 Å². The lowest BCUT2D eigenvalue weighted by atomic mass is 10.1. The number of allylic oxidation sites excluding steroid dienone is 22. The molecule has 352 valence electrons. The predicted molar refractivity (Wildman–Crippen MR) is 269 cm³/mol. The van der Waals surface area contributed by atoms with E-state index in [-0.39, 0.29) is 44.0 Å². The van der Waals surface area contributed by atoms with Crippen LogP contribution < -0.4 is 0 Å². The number of hydrogen-bond donors (Lipinski definition) is 0. The highest BCUT2D eigenvalue weighted by atomic mass is 16.6. The van der Waals surface area contributed by atoms with Crippen LogP contribution >= 0.6 is 0 Å². The van der Waals surface area contributed by atoms with Crippen LogP contribution in [0.1, 0.15) is 188 Å². The van der Waals surface area contributed by atoms with E-state index < -0.39 is 6.10 Å². The minimum absolute atomic E-state index is 0.125. The third-order valence-electron chi connectivity index (χ3n) is 9.60. The van der Waals surface area contributed by atoms with Gasteiger partial charge in [0.2, 0.25) is 0 Å². The van der Waals surface area contributed by atoms with Gasteiger partial charge in [-0.2, -0.15) is 0 Å². The molecule has 0 aliphatic heterocycles. The maximum atomic E-state index is 12.8. The summed E-state index contributed by atoms with van der Waals surface area (Å²) < 4.78 is 16.7. The molecule has 0 amide bonds. The molecule has 0 aromatic carbocycles. The van der Waals surface area contributed by atoms with Crippen LogP contribution in [0.4, 0.5) is 0 Å². The number of rotatable bonds is 42. The van der Waals surface area contributed by atoms with Crippen molar-refractivity contribution in [3.63, 3.8) is 0 Å². The standard InChI is InChI=1S/C57H88O6/c1-4-7-10-13-16-19-22-25-27-28-30-32-35-38-41-44-47-50-56(59)62-53-54(52-61-55(58)49-46-43-40-37-34-31-24-21-18-15-12-9-6-3)63-57(60)51-48-45-42-39-36-33-29-26-23-20-17-14-11-8-5-2/h7-8,10-12,15-17,19-21,24-27,29-30,32,36,38-39,41,54H,4-6,9,13-14,18,22-23,28,31,33-35,37,40,42-53H2,1-3H3/b10-7-,11-8-,15-12-,19-16-,20-17-,24-21-,27-25-,29-26-,32-30-,39-36-,41-38-. The minimum Gasteiger partial charge on any atom is -0.462 e. The Hall–Kier alpha value is -4.45. The first-order valence-electron chi connectivity index (χ1n) is 24.7. The molecule has 1 atom stereocenters. The molecule has 0 fully saturated rings. The summed E-state index contributed by atoms with van der Waals surface area (Å²) in [5.41, 5.74) is 0. The topological polar surface area (TPSA) is 78.9 Å². The average Bonchev–Trinajstić information content (AvgIpc) is 3.28. The lowest BCUT2D eigenvalue weighted by Crippen LogP contribution is -2.30. The molecule has 0 saturated heterocycles.